The van der Waals surface area contributed by atoms with Gasteiger partial charge in [0.25, 0.3) is 0 Å². The van der Waals surface area contributed by atoms with E-state index in [4.69, 9.17) is 4.42 Å². The van der Waals surface area contributed by atoms with Gasteiger partial charge in [0.2, 0.25) is 15.9 Å². The van der Waals surface area contributed by atoms with Gasteiger partial charge in [-0.2, -0.15) is 0 Å². The number of anilines is 1. The zero-order valence-corrected chi connectivity index (χ0v) is 14.6. The van der Waals surface area contributed by atoms with Gasteiger partial charge >= 0.3 is 5.97 Å². The fraction of sp³-hybridized carbons (Fsp3) is 0.250. The first-order valence-corrected chi connectivity index (χ1v) is 9.12. The van der Waals surface area contributed by atoms with Crippen LogP contribution in [0, 0.1) is 0 Å². The van der Waals surface area contributed by atoms with Crippen LogP contribution in [-0.2, 0) is 26.1 Å². The molecule has 2 aromatic rings. The van der Waals surface area contributed by atoms with Gasteiger partial charge in [-0.25, -0.2) is 13.2 Å². The highest BCUT2D eigenvalue weighted by Gasteiger charge is 2.25. The van der Waals surface area contributed by atoms with Gasteiger partial charge in [0, 0.05) is 0 Å². The van der Waals surface area contributed by atoms with Crippen LogP contribution >= 0.6 is 0 Å². The third-order valence-electron chi connectivity index (χ3n) is 3.31. The molecule has 134 valence electrons. The number of benzene rings is 1. The number of ether oxygens (including phenoxy) is 1. The van der Waals surface area contributed by atoms with Crippen molar-refractivity contribution in [1.29, 1.82) is 0 Å². The molecule has 9 heteroatoms. The van der Waals surface area contributed by atoms with E-state index in [1.807, 2.05) is 0 Å². The molecule has 8 nitrogen and oxygen atoms in total. The van der Waals surface area contributed by atoms with Crippen molar-refractivity contribution >= 4 is 27.6 Å². The van der Waals surface area contributed by atoms with Crippen molar-refractivity contribution in [2.75, 3.05) is 24.2 Å². The topological polar surface area (TPSA) is 106 Å². The van der Waals surface area contributed by atoms with Crippen LogP contribution in [0.4, 0.5) is 5.69 Å². The largest absolute Gasteiger partial charge is 0.467 e. The SMILES string of the molecule is COC(=O)c1ccccc1N(CC(=O)NCc1ccco1)S(C)(=O)=O. The quantitative estimate of drug-likeness (QED) is 0.737. The maximum absolute atomic E-state index is 12.1. The number of hydrogen-bond donors (Lipinski definition) is 1. The van der Waals surface area contributed by atoms with E-state index in [0.29, 0.717) is 5.76 Å². The Balaban J connectivity index is 2.23. The van der Waals surface area contributed by atoms with Gasteiger partial charge in [0.1, 0.15) is 12.3 Å². The van der Waals surface area contributed by atoms with Crippen molar-refractivity contribution in [1.82, 2.24) is 5.32 Å². The molecule has 1 amide bonds. The van der Waals surface area contributed by atoms with Crippen molar-refractivity contribution in [3.8, 4) is 0 Å². The molecule has 1 heterocycles. The minimum atomic E-state index is -3.81. The number of rotatable bonds is 7. The van der Waals surface area contributed by atoms with Gasteiger partial charge in [-0.3, -0.25) is 9.10 Å². The average Bonchev–Trinajstić information content (AvgIpc) is 3.09. The predicted molar refractivity (Wildman–Crippen MR) is 90.5 cm³/mol. The monoisotopic (exact) mass is 366 g/mol. The number of amides is 1. The minimum Gasteiger partial charge on any atom is -0.467 e. The molecule has 0 bridgehead atoms. The molecular formula is C16H18N2O6S. The lowest BCUT2D eigenvalue weighted by Crippen LogP contribution is -2.40. The smallest absolute Gasteiger partial charge is 0.340 e. The molecule has 0 saturated carbocycles. The Morgan fingerprint density at radius 2 is 1.92 bits per heavy atom. The van der Waals surface area contributed by atoms with Crippen molar-refractivity contribution in [2.24, 2.45) is 0 Å². The summed E-state index contributed by atoms with van der Waals surface area (Å²) in [5.74, 6) is -0.698. The van der Waals surface area contributed by atoms with Crippen LogP contribution in [0.1, 0.15) is 16.1 Å². The van der Waals surface area contributed by atoms with E-state index in [9.17, 15) is 18.0 Å². The molecule has 0 spiro atoms. The number of nitrogens with one attached hydrogen (secondary N) is 1. The van der Waals surface area contributed by atoms with E-state index in [1.54, 1.807) is 24.3 Å². The second-order valence-electron chi connectivity index (χ2n) is 5.13. The third-order valence-corrected chi connectivity index (χ3v) is 4.43. The van der Waals surface area contributed by atoms with Crippen molar-refractivity contribution in [2.45, 2.75) is 6.54 Å². The average molecular weight is 366 g/mol. The summed E-state index contributed by atoms with van der Waals surface area (Å²) in [6.45, 7) is -0.352. The second kappa shape index (κ2) is 7.84. The number of nitrogens with zero attached hydrogens (tertiary/aromatic N) is 1. The molecule has 1 aromatic heterocycles. The molecule has 25 heavy (non-hydrogen) atoms. The van der Waals surface area contributed by atoms with Crippen LogP contribution in [0.3, 0.4) is 0 Å². The molecule has 0 saturated heterocycles. The van der Waals surface area contributed by atoms with Crippen molar-refractivity contribution in [3.63, 3.8) is 0 Å². The summed E-state index contributed by atoms with van der Waals surface area (Å²) >= 11 is 0. The zero-order chi connectivity index (χ0) is 18.4. The molecule has 0 aliphatic heterocycles. The first-order valence-electron chi connectivity index (χ1n) is 7.27. The Morgan fingerprint density at radius 1 is 1.20 bits per heavy atom. The van der Waals surface area contributed by atoms with Crippen LogP contribution in [0.15, 0.2) is 47.1 Å². The minimum absolute atomic E-state index is 0.0502. The zero-order valence-electron chi connectivity index (χ0n) is 13.8. The number of methoxy groups -OCH3 is 1. The molecule has 2 rings (SSSR count). The Labute approximate surface area is 145 Å². The molecular weight excluding hydrogens is 348 g/mol. The maximum Gasteiger partial charge on any atom is 0.340 e. The van der Waals surface area contributed by atoms with Crippen LogP contribution in [0.2, 0.25) is 0 Å². The number of sulfonamides is 1. The molecule has 1 N–H and O–H groups in total. The van der Waals surface area contributed by atoms with E-state index in [2.05, 4.69) is 10.1 Å². The van der Waals surface area contributed by atoms with Gasteiger partial charge in [0.15, 0.2) is 0 Å². The van der Waals surface area contributed by atoms with Gasteiger partial charge < -0.3 is 14.5 Å². The van der Waals surface area contributed by atoms with Crippen LogP contribution in [0.25, 0.3) is 0 Å². The molecule has 0 unspecified atom stereocenters. The maximum atomic E-state index is 12.1. The molecule has 0 aliphatic rings. The first-order chi connectivity index (χ1) is 11.8. The summed E-state index contributed by atoms with van der Waals surface area (Å²) in [6.07, 6.45) is 2.43. The summed E-state index contributed by atoms with van der Waals surface area (Å²) < 4.78 is 34.9. The van der Waals surface area contributed by atoms with Gasteiger partial charge in [0.05, 0.1) is 37.4 Å². The number of para-hydroxylation sites is 1. The fourth-order valence-electron chi connectivity index (χ4n) is 2.14. The van der Waals surface area contributed by atoms with E-state index in [1.165, 1.54) is 25.5 Å². The standard InChI is InChI=1S/C16H18N2O6S/c1-23-16(20)13-7-3-4-8-14(13)18(25(2,21)22)11-15(19)17-10-12-6-5-9-24-12/h3-9H,10-11H2,1-2H3,(H,17,19). The van der Waals surface area contributed by atoms with Crippen LogP contribution in [0.5, 0.6) is 0 Å². The second-order valence-corrected chi connectivity index (χ2v) is 7.04. The Bertz CT molecular complexity index is 845. The Hall–Kier alpha value is -2.81. The lowest BCUT2D eigenvalue weighted by atomic mass is 10.2. The van der Waals surface area contributed by atoms with Gasteiger partial charge in [-0.15, -0.1) is 0 Å². The Kier molecular flexibility index (Phi) is 5.81. The lowest BCUT2D eigenvalue weighted by molar-refractivity contribution is -0.119. The molecule has 0 fully saturated rings. The van der Waals surface area contributed by atoms with Gasteiger partial charge in [-0.1, -0.05) is 12.1 Å². The van der Waals surface area contributed by atoms with Crippen LogP contribution < -0.4 is 9.62 Å². The number of carbonyl (C=O) groups excluding carboxylic acids is 2. The summed E-state index contributed by atoms with van der Waals surface area (Å²) in [5, 5.41) is 2.57. The highest BCUT2D eigenvalue weighted by atomic mass is 32.2. The predicted octanol–water partition coefficient (Wildman–Crippen LogP) is 1.15. The van der Waals surface area contributed by atoms with E-state index in [-0.39, 0.29) is 17.8 Å². The summed E-state index contributed by atoms with van der Waals surface area (Å²) in [5.41, 5.74) is 0.124. The number of furan rings is 1. The molecule has 0 atom stereocenters. The first kappa shape index (κ1) is 18.5. The number of carbonyl (C=O) groups is 2. The molecule has 1 aromatic carbocycles. The highest BCUT2D eigenvalue weighted by Crippen LogP contribution is 2.23. The van der Waals surface area contributed by atoms with Crippen LogP contribution in [-0.4, -0.2) is 40.2 Å². The fourth-order valence-corrected chi connectivity index (χ4v) is 3.01. The van der Waals surface area contributed by atoms with E-state index in [0.717, 1.165) is 10.6 Å². The number of esters is 1. The summed E-state index contributed by atoms with van der Waals surface area (Å²) in [7, 11) is -2.61. The lowest BCUT2D eigenvalue weighted by Gasteiger charge is -2.23. The highest BCUT2D eigenvalue weighted by molar-refractivity contribution is 7.92. The van der Waals surface area contributed by atoms with Crippen molar-refractivity contribution in [3.05, 3.63) is 54.0 Å². The third kappa shape index (κ3) is 4.83. The Morgan fingerprint density at radius 3 is 2.52 bits per heavy atom. The van der Waals surface area contributed by atoms with Crippen molar-refractivity contribution < 1.29 is 27.2 Å². The van der Waals surface area contributed by atoms with E-state index < -0.39 is 28.4 Å². The van der Waals surface area contributed by atoms with Gasteiger partial charge in [-0.05, 0) is 24.3 Å². The number of hydrogen-bond acceptors (Lipinski definition) is 6. The molecule has 0 aliphatic carbocycles. The summed E-state index contributed by atoms with van der Waals surface area (Å²) in [4.78, 5) is 24.0. The summed E-state index contributed by atoms with van der Waals surface area (Å²) in [6, 6.07) is 9.37. The molecule has 0 radical (unpaired) electrons. The normalized spacial score (nSPS) is 11.0. The van der Waals surface area contributed by atoms with E-state index >= 15 is 0 Å².